The highest BCUT2D eigenvalue weighted by Gasteiger charge is 2.34. The van der Waals surface area contributed by atoms with Crippen LogP contribution in [-0.2, 0) is 23.2 Å². The Labute approximate surface area is 224 Å². The topological polar surface area (TPSA) is 155 Å². The maximum Gasteiger partial charge on any atom is 0.253 e. The molecule has 0 unspecified atom stereocenters. The summed E-state index contributed by atoms with van der Waals surface area (Å²) >= 11 is 0. The van der Waals surface area contributed by atoms with Gasteiger partial charge in [0.1, 0.15) is 5.84 Å². The second kappa shape index (κ2) is 13.0. The average Bonchev–Trinajstić information content (AvgIpc) is 3.68. The number of amides is 2. The predicted molar refractivity (Wildman–Crippen MR) is 147 cm³/mol. The lowest BCUT2D eigenvalue weighted by Crippen LogP contribution is -2.51. The molecular weight excluding hydrogens is 480 g/mol. The first kappa shape index (κ1) is 28.6. The zero-order valence-corrected chi connectivity index (χ0v) is 22.5. The van der Waals surface area contributed by atoms with Crippen LogP contribution in [0.2, 0.25) is 0 Å². The molecular formula is C28H38N8O2. The molecule has 1 saturated carbocycles. The van der Waals surface area contributed by atoms with Gasteiger partial charge in [-0.05, 0) is 37.3 Å². The van der Waals surface area contributed by atoms with Gasteiger partial charge in [0.15, 0.2) is 0 Å². The highest BCUT2D eigenvalue weighted by atomic mass is 16.2. The molecule has 0 atom stereocenters. The van der Waals surface area contributed by atoms with Gasteiger partial charge in [0.2, 0.25) is 0 Å². The number of benzene rings is 1. The van der Waals surface area contributed by atoms with Gasteiger partial charge in [-0.25, -0.2) is 0 Å². The molecule has 2 fully saturated rings. The third-order valence-electron chi connectivity index (χ3n) is 6.82. The Morgan fingerprint density at radius 3 is 2.37 bits per heavy atom. The van der Waals surface area contributed by atoms with Crippen LogP contribution in [0.1, 0.15) is 51.5 Å². The normalized spacial score (nSPS) is 17.6. The Balaban J connectivity index is 0.00000195. The number of aryl methyl sites for hydroxylation is 1. The summed E-state index contributed by atoms with van der Waals surface area (Å²) in [6, 6.07) is 12.6. The molecule has 0 bridgehead atoms. The highest BCUT2D eigenvalue weighted by molar-refractivity contribution is 6.21. The van der Waals surface area contributed by atoms with Crippen LogP contribution in [0.15, 0.2) is 53.3 Å². The van der Waals surface area contributed by atoms with E-state index in [1.807, 2.05) is 33.2 Å². The molecule has 4 rings (SSSR count). The minimum Gasteiger partial charge on any atom is -0.384 e. The van der Waals surface area contributed by atoms with Crippen LogP contribution in [0, 0.1) is 17.2 Å². The van der Waals surface area contributed by atoms with Crippen LogP contribution in [-0.4, -0.2) is 51.0 Å². The maximum atomic E-state index is 12.0. The number of amidine groups is 1. The summed E-state index contributed by atoms with van der Waals surface area (Å²) < 4.78 is 1.79. The van der Waals surface area contributed by atoms with E-state index in [4.69, 9.17) is 11.5 Å². The van der Waals surface area contributed by atoms with Crippen molar-refractivity contribution in [1.82, 2.24) is 20.0 Å². The number of aromatic nitrogens is 2. The predicted octanol–water partition coefficient (Wildman–Crippen LogP) is 2.61. The van der Waals surface area contributed by atoms with Crippen LogP contribution in [0.5, 0.6) is 0 Å². The summed E-state index contributed by atoms with van der Waals surface area (Å²) in [5.74, 6) is -1.39. The van der Waals surface area contributed by atoms with Gasteiger partial charge >= 0.3 is 0 Å². The lowest BCUT2D eigenvalue weighted by Gasteiger charge is -2.41. The van der Waals surface area contributed by atoms with Crippen LogP contribution >= 0.6 is 0 Å². The van der Waals surface area contributed by atoms with Gasteiger partial charge in [-0.3, -0.25) is 19.2 Å². The van der Waals surface area contributed by atoms with Gasteiger partial charge < -0.3 is 16.8 Å². The quantitative estimate of drug-likeness (QED) is 0.262. The first-order valence-corrected chi connectivity index (χ1v) is 13.1. The molecule has 2 aliphatic rings. The molecule has 1 aromatic heterocycles. The second-order valence-corrected chi connectivity index (χ2v) is 9.64. The van der Waals surface area contributed by atoms with E-state index in [1.165, 1.54) is 11.8 Å². The smallest absolute Gasteiger partial charge is 0.253 e. The minimum atomic E-state index is -0.772. The lowest BCUT2D eigenvalue weighted by molar-refractivity contribution is -0.118. The number of aliphatic imine (C=N–C) groups is 1. The van der Waals surface area contributed by atoms with E-state index in [0.717, 1.165) is 43.7 Å². The van der Waals surface area contributed by atoms with E-state index in [0.29, 0.717) is 12.8 Å². The van der Waals surface area contributed by atoms with Crippen molar-refractivity contribution in [3.05, 3.63) is 53.9 Å². The van der Waals surface area contributed by atoms with E-state index in [2.05, 4.69) is 50.6 Å². The number of carbonyl (C=O) groups excluding carboxylic acids is 2. The summed E-state index contributed by atoms with van der Waals surface area (Å²) in [6.07, 6.45) is 6.60. The Hall–Kier alpha value is -3.97. The molecule has 1 aromatic carbocycles. The number of hydrogen-bond acceptors (Lipinski definition) is 6. The van der Waals surface area contributed by atoms with Gasteiger partial charge in [-0.2, -0.15) is 15.4 Å². The van der Waals surface area contributed by atoms with Crippen LogP contribution in [0.3, 0.4) is 0 Å². The lowest BCUT2D eigenvalue weighted by atomic mass is 9.84. The number of carbonyl (C=O) groups is 2. The minimum absolute atomic E-state index is 0.0447. The van der Waals surface area contributed by atoms with Crippen molar-refractivity contribution in [3.8, 4) is 17.3 Å². The molecule has 2 amide bonds. The van der Waals surface area contributed by atoms with E-state index in [-0.39, 0.29) is 29.7 Å². The van der Waals surface area contributed by atoms with E-state index in [9.17, 15) is 14.9 Å². The average molecular weight is 519 g/mol. The Bertz CT molecular complexity index is 1210. The van der Waals surface area contributed by atoms with Gasteiger partial charge in [0.05, 0.1) is 29.3 Å². The Morgan fingerprint density at radius 2 is 1.84 bits per heavy atom. The highest BCUT2D eigenvalue weighted by Crippen LogP contribution is 2.30. The summed E-state index contributed by atoms with van der Waals surface area (Å²) in [6.45, 7) is 6.36. The van der Waals surface area contributed by atoms with Gasteiger partial charge in [-0.1, -0.05) is 38.1 Å². The molecule has 0 radical (unpaired) electrons. The molecule has 1 aliphatic carbocycles. The number of piperidine rings is 1. The fourth-order valence-electron chi connectivity index (χ4n) is 4.37. The SMILES string of the molecule is CC.Cn1ccc(-c2ccc(CN3CCC(CC#N)(N/C=C(/C(N)=O)C(N)=NC(=O)C4CC4)CC3)cc2)n1. The van der Waals surface area contributed by atoms with Gasteiger partial charge in [-0.15, -0.1) is 0 Å². The third kappa shape index (κ3) is 7.52. The number of likely N-dealkylation sites (tertiary alicyclic amines) is 1. The molecule has 10 nitrogen and oxygen atoms in total. The number of hydrogen-bond donors (Lipinski definition) is 3. The van der Waals surface area contributed by atoms with Gasteiger partial charge in [0.25, 0.3) is 11.8 Å². The number of rotatable bonds is 9. The molecule has 0 spiro atoms. The standard InChI is InChI=1S/C26H32N8O2.C2H6/c1-33-13-8-22(32-33)19-4-2-18(3-5-19)17-34-14-10-26(9-12-27,11-15-34)30-16-21(24(29)35)23(28)31-25(36)20-6-7-20;1-2/h2-5,8,13,16,20,30H,6-7,9-11,14-15,17H2,1H3,(H2,29,35)(H2,28,31,36);1-2H3/b21-16+;. The van der Waals surface area contributed by atoms with Crippen molar-refractivity contribution in [2.24, 2.45) is 29.4 Å². The number of primary amides is 1. The third-order valence-corrected chi connectivity index (χ3v) is 6.82. The molecule has 1 aliphatic heterocycles. The first-order chi connectivity index (χ1) is 18.3. The van der Waals surface area contributed by atoms with Crippen LogP contribution in [0.25, 0.3) is 11.3 Å². The molecule has 2 heterocycles. The number of nitrogens with zero attached hydrogens (tertiary/aromatic N) is 5. The summed E-state index contributed by atoms with van der Waals surface area (Å²) in [5.41, 5.74) is 14.1. The molecule has 38 heavy (non-hydrogen) atoms. The maximum absolute atomic E-state index is 12.0. The van der Waals surface area contributed by atoms with Crippen molar-refractivity contribution in [2.75, 3.05) is 13.1 Å². The Kier molecular flexibility index (Phi) is 9.79. The van der Waals surface area contributed by atoms with Crippen molar-refractivity contribution in [3.63, 3.8) is 0 Å². The summed E-state index contributed by atoms with van der Waals surface area (Å²) in [7, 11) is 1.90. The van der Waals surface area contributed by atoms with E-state index < -0.39 is 11.4 Å². The zero-order chi connectivity index (χ0) is 27.7. The first-order valence-electron chi connectivity index (χ1n) is 13.1. The van der Waals surface area contributed by atoms with Gasteiger partial charge in [0, 0.05) is 50.6 Å². The number of nitrogens with two attached hydrogens (primary N) is 2. The molecule has 202 valence electrons. The largest absolute Gasteiger partial charge is 0.384 e. The number of nitrogens with one attached hydrogen (secondary N) is 1. The summed E-state index contributed by atoms with van der Waals surface area (Å²) in [5, 5.41) is 17.1. The van der Waals surface area contributed by atoms with Crippen LogP contribution in [0.4, 0.5) is 0 Å². The fraction of sp³-hybridized carbons (Fsp3) is 0.464. The van der Waals surface area contributed by atoms with E-state index in [1.54, 1.807) is 4.68 Å². The van der Waals surface area contributed by atoms with Crippen molar-refractivity contribution in [1.29, 1.82) is 5.26 Å². The second-order valence-electron chi connectivity index (χ2n) is 9.64. The van der Waals surface area contributed by atoms with Crippen molar-refractivity contribution >= 4 is 17.6 Å². The molecule has 2 aromatic rings. The molecule has 1 saturated heterocycles. The Morgan fingerprint density at radius 1 is 1.18 bits per heavy atom. The fourth-order valence-corrected chi connectivity index (χ4v) is 4.37. The monoisotopic (exact) mass is 518 g/mol. The summed E-state index contributed by atoms with van der Waals surface area (Å²) in [4.78, 5) is 30.1. The van der Waals surface area contributed by atoms with Crippen molar-refractivity contribution < 1.29 is 9.59 Å². The molecule has 5 N–H and O–H groups in total. The number of nitriles is 1. The van der Waals surface area contributed by atoms with Crippen LogP contribution < -0.4 is 16.8 Å². The molecule has 10 heteroatoms. The van der Waals surface area contributed by atoms with Crippen molar-refractivity contribution in [2.45, 2.75) is 58.0 Å². The van der Waals surface area contributed by atoms with E-state index >= 15 is 0 Å². The zero-order valence-electron chi connectivity index (χ0n) is 22.5.